The number of nitrogens with zero attached hydrogens (tertiary/aromatic N) is 2. The van der Waals surface area contributed by atoms with Gasteiger partial charge in [-0.25, -0.2) is 4.79 Å². The molecule has 2 aliphatic heterocycles. The molecule has 29 heavy (non-hydrogen) atoms. The topological polar surface area (TPSA) is 131 Å². The molecule has 1 spiro atoms. The molecular weight excluding hydrogens is 380 g/mol. The monoisotopic (exact) mass is 404 g/mol. The van der Waals surface area contributed by atoms with Crippen molar-refractivity contribution >= 4 is 23.4 Å². The third-order valence-corrected chi connectivity index (χ3v) is 5.55. The number of carbonyl (C=O) groups is 3. The Bertz CT molecular complexity index is 832. The standard InChI is InChI=1S/C19H24N4O6/c1-29-16-6-5-13(23(27)28)12-14(16)15(24)4-2-3-9-22-10-7-19(8-11-22)17(25)20-18(26)21-19/h5-6,12H,2-4,7-11H2,1H3,(H2,20,21,25,26). The second kappa shape index (κ2) is 8.56. The number of nitro benzene ring substituents is 1. The molecule has 2 heterocycles. The number of imide groups is 1. The van der Waals surface area contributed by atoms with Gasteiger partial charge in [-0.2, -0.15) is 0 Å². The van der Waals surface area contributed by atoms with Crippen LogP contribution in [0.2, 0.25) is 0 Å². The Kier molecular flexibility index (Phi) is 6.12. The van der Waals surface area contributed by atoms with Gasteiger partial charge in [-0.3, -0.25) is 25.0 Å². The van der Waals surface area contributed by atoms with Gasteiger partial charge in [0, 0.05) is 31.6 Å². The predicted octanol–water partition coefficient (Wildman–Crippen LogP) is 1.63. The molecule has 1 aromatic carbocycles. The molecule has 2 saturated heterocycles. The summed E-state index contributed by atoms with van der Waals surface area (Å²) in [6.07, 6.45) is 2.83. The number of methoxy groups -OCH3 is 1. The Morgan fingerprint density at radius 1 is 1.28 bits per heavy atom. The molecule has 0 aliphatic carbocycles. The number of nitrogens with one attached hydrogen (secondary N) is 2. The van der Waals surface area contributed by atoms with Crippen molar-refractivity contribution in [3.63, 3.8) is 0 Å². The number of nitro groups is 1. The molecule has 0 atom stereocenters. The van der Waals surface area contributed by atoms with Crippen molar-refractivity contribution in [2.75, 3.05) is 26.7 Å². The summed E-state index contributed by atoms with van der Waals surface area (Å²) in [5.41, 5.74) is -0.689. The molecule has 3 amide bonds. The van der Waals surface area contributed by atoms with Crippen LogP contribution in [0.3, 0.4) is 0 Å². The minimum absolute atomic E-state index is 0.139. The lowest BCUT2D eigenvalue weighted by atomic mass is 9.87. The smallest absolute Gasteiger partial charge is 0.322 e. The zero-order valence-corrected chi connectivity index (χ0v) is 16.2. The highest BCUT2D eigenvalue weighted by atomic mass is 16.6. The quantitative estimate of drug-likeness (QED) is 0.221. The summed E-state index contributed by atoms with van der Waals surface area (Å²) in [6.45, 7) is 2.17. The Balaban J connectivity index is 1.45. The normalized spacial score (nSPS) is 18.4. The first kappa shape index (κ1) is 20.7. The molecule has 0 radical (unpaired) electrons. The van der Waals surface area contributed by atoms with Crippen LogP contribution in [0, 0.1) is 10.1 Å². The Morgan fingerprint density at radius 2 is 2.00 bits per heavy atom. The van der Waals surface area contributed by atoms with E-state index in [2.05, 4.69) is 15.5 Å². The highest BCUT2D eigenvalue weighted by Gasteiger charge is 2.47. The van der Waals surface area contributed by atoms with Crippen molar-refractivity contribution in [3.05, 3.63) is 33.9 Å². The summed E-state index contributed by atoms with van der Waals surface area (Å²) >= 11 is 0. The van der Waals surface area contributed by atoms with E-state index in [9.17, 15) is 24.5 Å². The Morgan fingerprint density at radius 3 is 2.59 bits per heavy atom. The van der Waals surface area contributed by atoms with E-state index in [0.717, 1.165) is 13.0 Å². The fraction of sp³-hybridized carbons (Fsp3) is 0.526. The maximum atomic E-state index is 12.5. The van der Waals surface area contributed by atoms with Gasteiger partial charge < -0.3 is 15.0 Å². The first-order valence-corrected chi connectivity index (χ1v) is 9.56. The first-order chi connectivity index (χ1) is 13.8. The fourth-order valence-electron chi connectivity index (χ4n) is 3.82. The fourth-order valence-corrected chi connectivity index (χ4v) is 3.82. The van der Waals surface area contributed by atoms with E-state index in [0.29, 0.717) is 38.1 Å². The molecule has 2 aliphatic rings. The third-order valence-electron chi connectivity index (χ3n) is 5.55. The molecule has 3 rings (SSSR count). The van der Waals surface area contributed by atoms with Crippen molar-refractivity contribution in [3.8, 4) is 5.75 Å². The van der Waals surface area contributed by atoms with E-state index in [1.54, 1.807) is 0 Å². The molecule has 2 N–H and O–H groups in total. The molecule has 10 heteroatoms. The molecule has 1 aromatic rings. The maximum absolute atomic E-state index is 12.5. The van der Waals surface area contributed by atoms with Crippen LogP contribution < -0.4 is 15.4 Å². The molecule has 156 valence electrons. The van der Waals surface area contributed by atoms with E-state index in [1.807, 2.05) is 0 Å². The number of benzene rings is 1. The van der Waals surface area contributed by atoms with Crippen LogP contribution in [0.25, 0.3) is 0 Å². The lowest BCUT2D eigenvalue weighted by Gasteiger charge is -2.36. The molecule has 10 nitrogen and oxygen atoms in total. The number of rotatable bonds is 8. The van der Waals surface area contributed by atoms with Crippen LogP contribution in [0.15, 0.2) is 18.2 Å². The molecular formula is C19H24N4O6. The van der Waals surface area contributed by atoms with Crippen LogP contribution in [0.4, 0.5) is 10.5 Å². The summed E-state index contributed by atoms with van der Waals surface area (Å²) in [7, 11) is 1.42. The molecule has 0 bridgehead atoms. The zero-order valence-electron chi connectivity index (χ0n) is 16.2. The Labute approximate surface area is 167 Å². The van der Waals surface area contributed by atoms with E-state index in [4.69, 9.17) is 4.74 Å². The zero-order chi connectivity index (χ0) is 21.0. The summed E-state index contributed by atoms with van der Waals surface area (Å²) in [5.74, 6) is -0.106. The predicted molar refractivity (Wildman–Crippen MR) is 103 cm³/mol. The van der Waals surface area contributed by atoms with Gasteiger partial charge in [0.2, 0.25) is 0 Å². The summed E-state index contributed by atoms with van der Waals surface area (Å²) in [4.78, 5) is 48.4. The number of piperidine rings is 1. The minimum atomic E-state index is -0.776. The summed E-state index contributed by atoms with van der Waals surface area (Å²) in [6, 6.07) is 3.57. The SMILES string of the molecule is COc1ccc([N+](=O)[O-])cc1C(=O)CCCCN1CCC2(CC1)NC(=O)NC2=O. The first-order valence-electron chi connectivity index (χ1n) is 9.56. The lowest BCUT2D eigenvalue weighted by molar-refractivity contribution is -0.384. The highest BCUT2D eigenvalue weighted by Crippen LogP contribution is 2.27. The van der Waals surface area contributed by atoms with Gasteiger partial charge in [0.25, 0.3) is 11.6 Å². The molecule has 0 unspecified atom stereocenters. The number of ketones is 1. The van der Waals surface area contributed by atoms with Crippen molar-refractivity contribution < 1.29 is 24.0 Å². The van der Waals surface area contributed by atoms with Crippen molar-refractivity contribution in [2.24, 2.45) is 0 Å². The van der Waals surface area contributed by atoms with Gasteiger partial charge in [-0.05, 0) is 38.3 Å². The van der Waals surface area contributed by atoms with Gasteiger partial charge in [0.15, 0.2) is 5.78 Å². The largest absolute Gasteiger partial charge is 0.496 e. The number of unbranched alkanes of at least 4 members (excludes halogenated alkanes) is 1. The number of non-ortho nitro benzene ring substituents is 1. The molecule has 0 saturated carbocycles. The van der Waals surface area contributed by atoms with Crippen LogP contribution in [0.5, 0.6) is 5.75 Å². The van der Waals surface area contributed by atoms with Gasteiger partial charge >= 0.3 is 6.03 Å². The molecule has 0 aromatic heterocycles. The van der Waals surface area contributed by atoms with Crippen molar-refractivity contribution in [1.29, 1.82) is 0 Å². The number of amides is 3. The van der Waals surface area contributed by atoms with E-state index in [-0.39, 0.29) is 29.4 Å². The number of carbonyl (C=O) groups excluding carboxylic acids is 3. The van der Waals surface area contributed by atoms with Crippen LogP contribution >= 0.6 is 0 Å². The van der Waals surface area contributed by atoms with Crippen LogP contribution in [-0.2, 0) is 4.79 Å². The van der Waals surface area contributed by atoms with E-state index in [1.165, 1.54) is 25.3 Å². The number of hydrogen-bond donors (Lipinski definition) is 2. The van der Waals surface area contributed by atoms with Gasteiger partial charge in [0.05, 0.1) is 17.6 Å². The van der Waals surface area contributed by atoms with Crippen molar-refractivity contribution in [2.45, 2.75) is 37.6 Å². The highest BCUT2D eigenvalue weighted by molar-refractivity contribution is 6.07. The summed E-state index contributed by atoms with van der Waals surface area (Å²) in [5, 5.41) is 16.0. The van der Waals surface area contributed by atoms with Gasteiger partial charge in [-0.15, -0.1) is 0 Å². The minimum Gasteiger partial charge on any atom is -0.496 e. The average molecular weight is 404 g/mol. The lowest BCUT2D eigenvalue weighted by Crippen LogP contribution is -2.54. The number of Topliss-reactive ketones (excluding diaryl/α,β-unsaturated/α-hetero) is 1. The number of urea groups is 1. The van der Waals surface area contributed by atoms with Crippen LogP contribution in [-0.4, -0.2) is 59.8 Å². The number of ether oxygens (including phenoxy) is 1. The van der Waals surface area contributed by atoms with Gasteiger partial charge in [0.1, 0.15) is 11.3 Å². The van der Waals surface area contributed by atoms with E-state index >= 15 is 0 Å². The second-order valence-corrected chi connectivity index (χ2v) is 7.35. The second-order valence-electron chi connectivity index (χ2n) is 7.35. The summed E-state index contributed by atoms with van der Waals surface area (Å²) < 4.78 is 5.15. The van der Waals surface area contributed by atoms with Crippen LogP contribution in [0.1, 0.15) is 42.5 Å². The molecule has 2 fully saturated rings. The third kappa shape index (κ3) is 4.53. The average Bonchev–Trinajstić information content (AvgIpc) is 2.98. The number of likely N-dealkylation sites (tertiary alicyclic amines) is 1. The Hall–Kier alpha value is -3.01. The number of hydrogen-bond acceptors (Lipinski definition) is 7. The van der Waals surface area contributed by atoms with Gasteiger partial charge in [-0.1, -0.05) is 0 Å². The van der Waals surface area contributed by atoms with Crippen molar-refractivity contribution in [1.82, 2.24) is 15.5 Å². The maximum Gasteiger partial charge on any atom is 0.322 e. The van der Waals surface area contributed by atoms with E-state index < -0.39 is 16.5 Å².